The Kier molecular flexibility index (Phi) is 5.61. The van der Waals surface area contributed by atoms with E-state index >= 15 is 0 Å². The SMILES string of the molecule is O=C(CSc1nc2ccccc2[nH]1)c1ccc(Br)cc1.[Br-]. The van der Waals surface area contributed by atoms with Crippen LogP contribution in [0.25, 0.3) is 11.0 Å². The monoisotopic (exact) mass is 425 g/mol. The van der Waals surface area contributed by atoms with E-state index in [2.05, 4.69) is 25.9 Å². The molecule has 21 heavy (non-hydrogen) atoms. The lowest BCUT2D eigenvalue weighted by molar-refractivity contribution is -0.0000116. The summed E-state index contributed by atoms with van der Waals surface area (Å²) in [4.78, 5) is 19.7. The Balaban J connectivity index is 0.00000161. The Morgan fingerprint density at radius 2 is 1.86 bits per heavy atom. The molecule has 0 unspecified atom stereocenters. The molecule has 0 saturated heterocycles. The summed E-state index contributed by atoms with van der Waals surface area (Å²) in [6, 6.07) is 15.2. The van der Waals surface area contributed by atoms with Gasteiger partial charge in [-0.1, -0.05) is 52.0 Å². The molecule has 6 heteroatoms. The van der Waals surface area contributed by atoms with Crippen molar-refractivity contribution in [3.8, 4) is 0 Å². The number of nitrogens with one attached hydrogen (secondary N) is 1. The summed E-state index contributed by atoms with van der Waals surface area (Å²) in [5.41, 5.74) is 2.63. The maximum Gasteiger partial charge on any atom is 0.173 e. The van der Waals surface area contributed by atoms with Crippen molar-refractivity contribution in [2.75, 3.05) is 5.75 Å². The smallest absolute Gasteiger partial charge is 0.173 e. The predicted molar refractivity (Wildman–Crippen MR) is 85.3 cm³/mol. The molecule has 0 fully saturated rings. The summed E-state index contributed by atoms with van der Waals surface area (Å²) >= 11 is 4.78. The normalized spacial score (nSPS) is 10.3. The van der Waals surface area contributed by atoms with E-state index < -0.39 is 0 Å². The van der Waals surface area contributed by atoms with Gasteiger partial charge in [0.05, 0.1) is 16.8 Å². The van der Waals surface area contributed by atoms with Gasteiger partial charge in [-0.25, -0.2) is 4.98 Å². The average Bonchev–Trinajstić information content (AvgIpc) is 2.88. The number of aromatic amines is 1. The second kappa shape index (κ2) is 7.24. The van der Waals surface area contributed by atoms with Gasteiger partial charge in [0.25, 0.3) is 0 Å². The number of thioether (sulfide) groups is 1. The highest BCUT2D eigenvalue weighted by atomic mass is 79.9. The number of nitrogens with zero attached hydrogens (tertiary/aromatic N) is 1. The van der Waals surface area contributed by atoms with Crippen LogP contribution in [0.3, 0.4) is 0 Å². The van der Waals surface area contributed by atoms with Crippen molar-refractivity contribution in [3.05, 3.63) is 58.6 Å². The molecule has 0 spiro atoms. The number of aromatic nitrogens is 2. The molecule has 0 atom stereocenters. The topological polar surface area (TPSA) is 45.8 Å². The summed E-state index contributed by atoms with van der Waals surface area (Å²) < 4.78 is 0.971. The molecule has 0 aliphatic heterocycles. The fourth-order valence-electron chi connectivity index (χ4n) is 1.85. The summed E-state index contributed by atoms with van der Waals surface area (Å²) in [7, 11) is 0. The van der Waals surface area contributed by atoms with Crippen molar-refractivity contribution in [1.29, 1.82) is 0 Å². The molecular weight excluding hydrogens is 416 g/mol. The van der Waals surface area contributed by atoms with Crippen molar-refractivity contribution in [2.45, 2.75) is 5.16 Å². The molecule has 108 valence electrons. The first kappa shape index (κ1) is 16.3. The fraction of sp³-hybridized carbons (Fsp3) is 0.0667. The van der Waals surface area contributed by atoms with Crippen LogP contribution in [0.2, 0.25) is 0 Å². The number of para-hydroxylation sites is 2. The second-order valence-corrected chi connectivity index (χ2v) is 6.16. The largest absolute Gasteiger partial charge is 1.00 e. The third-order valence-corrected chi connectivity index (χ3v) is 4.28. The highest BCUT2D eigenvalue weighted by Crippen LogP contribution is 2.20. The molecule has 1 N–H and O–H groups in total. The van der Waals surface area contributed by atoms with Crippen LogP contribution >= 0.6 is 27.7 Å². The van der Waals surface area contributed by atoms with E-state index in [1.165, 1.54) is 11.8 Å². The standard InChI is InChI=1S/C15H11BrN2OS.BrH/c16-11-7-5-10(6-8-11)14(19)9-20-15-17-12-3-1-2-4-13(12)18-15;/h1-8H,9H2,(H,17,18);1H/p-1. The Hall–Kier alpha value is -1.11. The average molecular weight is 427 g/mol. The lowest BCUT2D eigenvalue weighted by Gasteiger charge is -1.99. The van der Waals surface area contributed by atoms with Gasteiger partial charge in [-0.3, -0.25) is 4.79 Å². The minimum absolute atomic E-state index is 0. The number of halogens is 2. The van der Waals surface area contributed by atoms with Gasteiger partial charge in [-0.2, -0.15) is 0 Å². The first-order valence-electron chi connectivity index (χ1n) is 6.09. The van der Waals surface area contributed by atoms with Gasteiger partial charge in [0.2, 0.25) is 0 Å². The molecule has 1 aromatic heterocycles. The maximum absolute atomic E-state index is 12.1. The number of Topliss-reactive ketones (excluding diaryl/α,β-unsaturated/α-hetero) is 1. The van der Waals surface area contributed by atoms with E-state index in [1.807, 2.05) is 48.5 Å². The minimum Gasteiger partial charge on any atom is -1.00 e. The number of carbonyl (C=O) groups is 1. The number of imidazole rings is 1. The van der Waals surface area contributed by atoms with Gasteiger partial charge in [0, 0.05) is 10.0 Å². The van der Waals surface area contributed by atoms with Gasteiger partial charge < -0.3 is 22.0 Å². The van der Waals surface area contributed by atoms with Crippen LogP contribution in [-0.4, -0.2) is 21.5 Å². The van der Waals surface area contributed by atoms with Crippen molar-refractivity contribution in [2.24, 2.45) is 0 Å². The van der Waals surface area contributed by atoms with Crippen LogP contribution in [0.1, 0.15) is 10.4 Å². The van der Waals surface area contributed by atoms with E-state index in [0.717, 1.165) is 26.2 Å². The van der Waals surface area contributed by atoms with Crippen LogP contribution in [0, 0.1) is 0 Å². The van der Waals surface area contributed by atoms with Crippen molar-refractivity contribution >= 4 is 44.5 Å². The first-order valence-corrected chi connectivity index (χ1v) is 7.86. The van der Waals surface area contributed by atoms with E-state index in [-0.39, 0.29) is 22.8 Å². The third-order valence-electron chi connectivity index (χ3n) is 2.87. The predicted octanol–water partition coefficient (Wildman–Crippen LogP) is 1.30. The molecule has 3 aromatic rings. The van der Waals surface area contributed by atoms with Crippen LogP contribution in [0.4, 0.5) is 0 Å². The lowest BCUT2D eigenvalue weighted by Crippen LogP contribution is -3.00. The molecule has 3 rings (SSSR count). The molecule has 1 heterocycles. The van der Waals surface area contributed by atoms with Crippen LogP contribution in [0.15, 0.2) is 58.2 Å². The number of benzene rings is 2. The Bertz CT molecular complexity index is 723. The minimum atomic E-state index is 0. The zero-order chi connectivity index (χ0) is 13.9. The first-order chi connectivity index (χ1) is 9.72. The van der Waals surface area contributed by atoms with E-state index in [1.54, 1.807) is 0 Å². The zero-order valence-corrected chi connectivity index (χ0v) is 14.8. The number of hydrogen-bond acceptors (Lipinski definition) is 3. The summed E-state index contributed by atoms with van der Waals surface area (Å²) in [6.45, 7) is 0. The number of carbonyl (C=O) groups excluding carboxylic acids is 1. The van der Waals surface area contributed by atoms with Crippen molar-refractivity contribution in [1.82, 2.24) is 9.97 Å². The van der Waals surface area contributed by atoms with Crippen LogP contribution in [-0.2, 0) is 0 Å². The molecule has 0 bridgehead atoms. The van der Waals surface area contributed by atoms with Crippen LogP contribution < -0.4 is 17.0 Å². The molecule has 2 aromatic carbocycles. The quantitative estimate of drug-likeness (QED) is 0.505. The van der Waals surface area contributed by atoms with Gasteiger partial charge in [-0.05, 0) is 24.3 Å². The Morgan fingerprint density at radius 3 is 2.57 bits per heavy atom. The fourth-order valence-corrected chi connectivity index (χ4v) is 2.89. The number of H-pyrrole nitrogens is 1. The number of fused-ring (bicyclic) bond motifs is 1. The Morgan fingerprint density at radius 1 is 1.14 bits per heavy atom. The molecular formula is C15H11Br2N2OS-. The van der Waals surface area contributed by atoms with E-state index in [4.69, 9.17) is 0 Å². The van der Waals surface area contributed by atoms with Gasteiger partial charge in [0.1, 0.15) is 0 Å². The number of rotatable bonds is 4. The number of hydrogen-bond donors (Lipinski definition) is 1. The highest BCUT2D eigenvalue weighted by molar-refractivity contribution is 9.10. The van der Waals surface area contributed by atoms with Crippen LogP contribution in [0.5, 0.6) is 0 Å². The van der Waals surface area contributed by atoms with Gasteiger partial charge in [-0.15, -0.1) is 0 Å². The zero-order valence-electron chi connectivity index (χ0n) is 10.8. The van der Waals surface area contributed by atoms with Crippen molar-refractivity contribution < 1.29 is 21.8 Å². The lowest BCUT2D eigenvalue weighted by atomic mass is 10.2. The molecule has 0 radical (unpaired) electrons. The van der Waals surface area contributed by atoms with E-state index in [0.29, 0.717) is 5.75 Å². The summed E-state index contributed by atoms with van der Waals surface area (Å²) in [5, 5.41) is 0.775. The van der Waals surface area contributed by atoms with Gasteiger partial charge in [0.15, 0.2) is 10.9 Å². The molecule has 0 aliphatic carbocycles. The molecule has 0 amide bonds. The number of ketones is 1. The summed E-state index contributed by atoms with van der Waals surface area (Å²) in [5.74, 6) is 0.476. The Labute approximate surface area is 145 Å². The molecule has 3 nitrogen and oxygen atoms in total. The van der Waals surface area contributed by atoms with E-state index in [9.17, 15) is 4.79 Å². The molecule has 0 aliphatic rings. The second-order valence-electron chi connectivity index (χ2n) is 4.28. The summed E-state index contributed by atoms with van der Waals surface area (Å²) in [6.07, 6.45) is 0. The highest BCUT2D eigenvalue weighted by Gasteiger charge is 2.09. The third kappa shape index (κ3) is 3.96. The maximum atomic E-state index is 12.1. The van der Waals surface area contributed by atoms with Gasteiger partial charge >= 0.3 is 0 Å². The van der Waals surface area contributed by atoms with Crippen molar-refractivity contribution in [3.63, 3.8) is 0 Å². The molecule has 0 saturated carbocycles.